The van der Waals surface area contributed by atoms with Crippen molar-refractivity contribution < 1.29 is 17.9 Å². The van der Waals surface area contributed by atoms with Gasteiger partial charge in [-0.05, 0) is 50.2 Å². The van der Waals surface area contributed by atoms with Crippen molar-refractivity contribution in [3.63, 3.8) is 0 Å². The van der Waals surface area contributed by atoms with Crippen LogP contribution in [0.1, 0.15) is 20.9 Å². The molecular weight excluding hydrogens is 398 g/mol. The van der Waals surface area contributed by atoms with Gasteiger partial charge in [-0.2, -0.15) is 0 Å². The number of hydrogen-bond donors (Lipinski definition) is 2. The summed E-state index contributed by atoms with van der Waals surface area (Å²) in [6.45, 7) is 3.53. The first-order chi connectivity index (χ1) is 13.3. The zero-order valence-electron chi connectivity index (χ0n) is 15.5. The Bertz CT molecular complexity index is 1090. The van der Waals surface area contributed by atoms with Crippen LogP contribution in [0, 0.1) is 13.8 Å². The molecule has 2 N–H and O–H groups in total. The van der Waals surface area contributed by atoms with Gasteiger partial charge in [0.15, 0.2) is 5.13 Å². The molecule has 1 heterocycles. The lowest BCUT2D eigenvalue weighted by Crippen LogP contribution is -2.12. The molecule has 0 radical (unpaired) electrons. The van der Waals surface area contributed by atoms with Crippen LogP contribution in [-0.4, -0.2) is 26.4 Å². The van der Waals surface area contributed by atoms with Gasteiger partial charge in [0, 0.05) is 5.69 Å². The predicted molar refractivity (Wildman–Crippen MR) is 110 cm³/mol. The second-order valence-electron chi connectivity index (χ2n) is 6.03. The number of ether oxygens (including phenoxy) is 1. The number of aromatic nitrogens is 1. The van der Waals surface area contributed by atoms with Gasteiger partial charge in [-0.25, -0.2) is 13.4 Å². The topological polar surface area (TPSA) is 97.4 Å². The standard InChI is InChI=1S/C19H19N3O4S2/c1-12-4-10-16(11-5-12)28(24,25)22-19-20-13(2)17(27-19)18(23)21-14-6-8-15(26-3)9-7-14/h4-11H,1-3H3,(H,20,22)(H,21,23). The molecular formula is C19H19N3O4S2. The summed E-state index contributed by atoms with van der Waals surface area (Å²) in [6.07, 6.45) is 0. The van der Waals surface area contributed by atoms with Gasteiger partial charge in [-0.15, -0.1) is 0 Å². The van der Waals surface area contributed by atoms with E-state index in [9.17, 15) is 13.2 Å². The second kappa shape index (κ2) is 7.99. The molecule has 7 nitrogen and oxygen atoms in total. The Morgan fingerprint density at radius 3 is 2.29 bits per heavy atom. The average Bonchev–Trinajstić information content (AvgIpc) is 3.02. The van der Waals surface area contributed by atoms with E-state index in [-0.39, 0.29) is 15.9 Å². The van der Waals surface area contributed by atoms with Gasteiger partial charge in [0.2, 0.25) is 0 Å². The summed E-state index contributed by atoms with van der Waals surface area (Å²) in [5.41, 5.74) is 2.00. The van der Waals surface area contributed by atoms with Gasteiger partial charge in [0.05, 0.1) is 17.7 Å². The first-order valence-corrected chi connectivity index (χ1v) is 10.6. The number of carbonyl (C=O) groups excluding carboxylic acids is 1. The predicted octanol–water partition coefficient (Wildman–Crippen LogP) is 3.82. The molecule has 0 spiro atoms. The molecule has 0 aliphatic rings. The van der Waals surface area contributed by atoms with Crippen LogP contribution in [0.25, 0.3) is 0 Å². The highest BCUT2D eigenvalue weighted by Crippen LogP contribution is 2.26. The molecule has 0 bridgehead atoms. The number of benzene rings is 2. The number of nitrogens with zero attached hydrogens (tertiary/aromatic N) is 1. The van der Waals surface area contributed by atoms with Gasteiger partial charge < -0.3 is 10.1 Å². The van der Waals surface area contributed by atoms with E-state index in [1.807, 2.05) is 6.92 Å². The third-order valence-corrected chi connectivity index (χ3v) is 6.46. The zero-order chi connectivity index (χ0) is 20.3. The van der Waals surface area contributed by atoms with Crippen molar-refractivity contribution in [2.24, 2.45) is 0 Å². The van der Waals surface area contributed by atoms with Crippen molar-refractivity contribution in [3.8, 4) is 5.75 Å². The minimum atomic E-state index is -3.77. The first kappa shape index (κ1) is 19.8. The molecule has 0 fully saturated rings. The van der Waals surface area contributed by atoms with Crippen molar-refractivity contribution in [2.75, 3.05) is 17.1 Å². The first-order valence-electron chi connectivity index (χ1n) is 8.31. The number of carbonyl (C=O) groups is 1. The summed E-state index contributed by atoms with van der Waals surface area (Å²) in [5, 5.41) is 2.90. The molecule has 0 saturated carbocycles. The maximum absolute atomic E-state index is 12.5. The number of methoxy groups -OCH3 is 1. The van der Waals surface area contributed by atoms with E-state index in [2.05, 4.69) is 15.0 Å². The van der Waals surface area contributed by atoms with Gasteiger partial charge in [-0.1, -0.05) is 29.0 Å². The lowest BCUT2D eigenvalue weighted by Gasteiger charge is -2.05. The highest BCUT2D eigenvalue weighted by Gasteiger charge is 2.20. The number of rotatable bonds is 6. The normalized spacial score (nSPS) is 11.1. The molecule has 1 amide bonds. The van der Waals surface area contributed by atoms with Crippen LogP contribution < -0.4 is 14.8 Å². The van der Waals surface area contributed by atoms with Crippen molar-refractivity contribution in [1.82, 2.24) is 4.98 Å². The summed E-state index contributed by atoms with van der Waals surface area (Å²) in [5.74, 6) is 0.320. The smallest absolute Gasteiger partial charge is 0.267 e. The summed E-state index contributed by atoms with van der Waals surface area (Å²) < 4.78 is 32.5. The average molecular weight is 418 g/mol. The van der Waals surface area contributed by atoms with Crippen LogP contribution in [-0.2, 0) is 10.0 Å². The van der Waals surface area contributed by atoms with E-state index in [1.54, 1.807) is 50.4 Å². The number of amides is 1. The molecule has 0 unspecified atom stereocenters. The third-order valence-electron chi connectivity index (χ3n) is 3.90. The van der Waals surface area contributed by atoms with Crippen LogP contribution in [0.15, 0.2) is 53.4 Å². The Morgan fingerprint density at radius 1 is 1.04 bits per heavy atom. The molecule has 2 aromatic carbocycles. The Morgan fingerprint density at radius 2 is 1.68 bits per heavy atom. The number of nitrogens with one attached hydrogen (secondary N) is 2. The number of aryl methyl sites for hydroxylation is 2. The molecule has 3 aromatic rings. The maximum Gasteiger partial charge on any atom is 0.267 e. The molecule has 0 atom stereocenters. The van der Waals surface area contributed by atoms with E-state index in [4.69, 9.17) is 4.74 Å². The number of sulfonamides is 1. The van der Waals surface area contributed by atoms with Crippen LogP contribution in [0.4, 0.5) is 10.8 Å². The Labute approximate surface area is 167 Å². The van der Waals surface area contributed by atoms with Crippen LogP contribution >= 0.6 is 11.3 Å². The molecule has 9 heteroatoms. The van der Waals surface area contributed by atoms with Crippen LogP contribution in [0.3, 0.4) is 0 Å². The van der Waals surface area contributed by atoms with Gasteiger partial charge >= 0.3 is 0 Å². The molecule has 146 valence electrons. The van der Waals surface area contributed by atoms with Crippen molar-refractivity contribution in [2.45, 2.75) is 18.7 Å². The molecule has 3 rings (SSSR count). The summed E-state index contributed by atoms with van der Waals surface area (Å²) in [7, 11) is -2.21. The van der Waals surface area contributed by atoms with E-state index in [0.29, 0.717) is 22.0 Å². The maximum atomic E-state index is 12.5. The SMILES string of the molecule is COc1ccc(NC(=O)c2sc(NS(=O)(=O)c3ccc(C)cc3)nc2C)cc1. The fourth-order valence-corrected chi connectivity index (χ4v) is 4.50. The Kier molecular flexibility index (Phi) is 5.66. The summed E-state index contributed by atoms with van der Waals surface area (Å²) >= 11 is 0.981. The van der Waals surface area contributed by atoms with E-state index in [1.165, 1.54) is 12.1 Å². The van der Waals surface area contributed by atoms with E-state index >= 15 is 0 Å². The number of anilines is 2. The van der Waals surface area contributed by atoms with E-state index < -0.39 is 10.0 Å². The van der Waals surface area contributed by atoms with Gasteiger partial charge in [0.25, 0.3) is 15.9 Å². The highest BCUT2D eigenvalue weighted by molar-refractivity contribution is 7.93. The fourth-order valence-electron chi connectivity index (χ4n) is 2.40. The van der Waals surface area contributed by atoms with Crippen molar-refractivity contribution >= 4 is 38.1 Å². The number of thiazole rings is 1. The summed E-state index contributed by atoms with van der Waals surface area (Å²) in [4.78, 5) is 17.2. The molecule has 0 aliphatic heterocycles. The zero-order valence-corrected chi connectivity index (χ0v) is 17.1. The van der Waals surface area contributed by atoms with Crippen LogP contribution in [0.5, 0.6) is 5.75 Å². The van der Waals surface area contributed by atoms with Crippen LogP contribution in [0.2, 0.25) is 0 Å². The molecule has 1 aromatic heterocycles. The molecule has 28 heavy (non-hydrogen) atoms. The number of hydrogen-bond acceptors (Lipinski definition) is 6. The molecule has 0 saturated heterocycles. The minimum absolute atomic E-state index is 0.134. The monoisotopic (exact) mass is 417 g/mol. The van der Waals surface area contributed by atoms with Crippen molar-refractivity contribution in [3.05, 3.63) is 64.7 Å². The lowest BCUT2D eigenvalue weighted by atomic mass is 10.2. The fraction of sp³-hybridized carbons (Fsp3) is 0.158. The van der Waals surface area contributed by atoms with Gasteiger partial charge in [-0.3, -0.25) is 9.52 Å². The van der Waals surface area contributed by atoms with Gasteiger partial charge in [0.1, 0.15) is 10.6 Å². The summed E-state index contributed by atoms with van der Waals surface area (Å²) in [6, 6.07) is 13.4. The Hall–Kier alpha value is -2.91. The quantitative estimate of drug-likeness (QED) is 0.635. The third kappa shape index (κ3) is 4.49. The minimum Gasteiger partial charge on any atom is -0.497 e. The molecule has 0 aliphatic carbocycles. The second-order valence-corrected chi connectivity index (χ2v) is 8.72. The highest BCUT2D eigenvalue weighted by atomic mass is 32.2. The van der Waals surface area contributed by atoms with E-state index in [0.717, 1.165) is 16.9 Å². The largest absolute Gasteiger partial charge is 0.497 e. The van der Waals surface area contributed by atoms with Crippen molar-refractivity contribution in [1.29, 1.82) is 0 Å². The lowest BCUT2D eigenvalue weighted by molar-refractivity contribution is 0.103. The Balaban J connectivity index is 1.76.